The molecule has 3 aromatic rings. The summed E-state index contributed by atoms with van der Waals surface area (Å²) in [5.41, 5.74) is 13.0. The van der Waals surface area contributed by atoms with Gasteiger partial charge in [0.25, 0.3) is 0 Å². The Labute approximate surface area is 133 Å². The van der Waals surface area contributed by atoms with Crippen LogP contribution in [0.2, 0.25) is 0 Å². The van der Waals surface area contributed by atoms with Crippen molar-refractivity contribution in [1.29, 1.82) is 0 Å². The minimum Gasteiger partial charge on any atom is -0.384 e. The zero-order valence-corrected chi connectivity index (χ0v) is 12.7. The fraction of sp³-hybridized carbons (Fsp3) is 0.250. The molecule has 7 nitrogen and oxygen atoms in total. The molecule has 118 valence electrons. The van der Waals surface area contributed by atoms with Crippen LogP contribution in [-0.4, -0.2) is 26.6 Å². The van der Waals surface area contributed by atoms with Gasteiger partial charge in [-0.1, -0.05) is 30.3 Å². The number of hydrazine groups is 1. The van der Waals surface area contributed by atoms with Crippen molar-refractivity contribution in [2.24, 2.45) is 5.84 Å². The number of nitrogen functional groups attached to an aromatic ring is 2. The van der Waals surface area contributed by atoms with E-state index >= 15 is 0 Å². The van der Waals surface area contributed by atoms with Gasteiger partial charge in [0, 0.05) is 25.2 Å². The highest BCUT2D eigenvalue weighted by Crippen LogP contribution is 2.33. The van der Waals surface area contributed by atoms with E-state index in [1.807, 2.05) is 6.07 Å². The van der Waals surface area contributed by atoms with E-state index in [1.165, 1.54) is 11.1 Å². The van der Waals surface area contributed by atoms with Crippen LogP contribution in [0.15, 0.2) is 30.3 Å². The molecule has 23 heavy (non-hydrogen) atoms. The van der Waals surface area contributed by atoms with Gasteiger partial charge >= 0.3 is 0 Å². The summed E-state index contributed by atoms with van der Waals surface area (Å²) in [6.07, 6.45) is 0.902. The summed E-state index contributed by atoms with van der Waals surface area (Å²) in [6, 6.07) is 10.5. The van der Waals surface area contributed by atoms with E-state index in [1.54, 1.807) is 0 Å². The Morgan fingerprint density at radius 3 is 2.83 bits per heavy atom. The number of benzene rings is 1. The van der Waals surface area contributed by atoms with Gasteiger partial charge in [0.2, 0.25) is 0 Å². The van der Waals surface area contributed by atoms with E-state index in [9.17, 15) is 0 Å². The van der Waals surface area contributed by atoms with Crippen molar-refractivity contribution in [2.75, 3.05) is 17.7 Å². The molecule has 0 amide bonds. The molecule has 0 fully saturated rings. The van der Waals surface area contributed by atoms with Crippen molar-refractivity contribution in [3.05, 3.63) is 47.0 Å². The monoisotopic (exact) mass is 309 g/mol. The van der Waals surface area contributed by atoms with Crippen LogP contribution in [0.5, 0.6) is 0 Å². The van der Waals surface area contributed by atoms with E-state index in [-0.39, 0.29) is 0 Å². The average molecular weight is 309 g/mol. The molecule has 7 heteroatoms. The van der Waals surface area contributed by atoms with E-state index in [0.717, 1.165) is 37.0 Å². The zero-order valence-electron chi connectivity index (χ0n) is 12.7. The number of hydrogen-bond donors (Lipinski definition) is 4. The zero-order chi connectivity index (χ0) is 15.8. The first-order valence-corrected chi connectivity index (χ1v) is 7.64. The Hall–Kier alpha value is -2.64. The van der Waals surface area contributed by atoms with Gasteiger partial charge in [0.05, 0.1) is 5.39 Å². The van der Waals surface area contributed by atoms with Gasteiger partial charge in [-0.2, -0.15) is 5.10 Å². The standard InChI is InChI=1S/C16H19N7/c17-14-13-11-6-7-23(8-10-4-2-1-3-5-10)9-12(11)15(20-18)19-16(13)22-21-14/h1-5H,6-9,18H2,(H4,17,19,20,21,22). The molecule has 0 saturated carbocycles. The third-order valence-electron chi connectivity index (χ3n) is 4.39. The molecule has 0 aliphatic carbocycles. The first kappa shape index (κ1) is 14.0. The molecule has 2 aromatic heterocycles. The molecule has 1 aromatic carbocycles. The number of aromatic amines is 1. The highest BCUT2D eigenvalue weighted by molar-refractivity contribution is 5.92. The second-order valence-electron chi connectivity index (χ2n) is 5.84. The van der Waals surface area contributed by atoms with Crippen LogP contribution in [0.25, 0.3) is 11.0 Å². The van der Waals surface area contributed by atoms with E-state index in [4.69, 9.17) is 11.6 Å². The largest absolute Gasteiger partial charge is 0.384 e. The highest BCUT2D eigenvalue weighted by Gasteiger charge is 2.24. The van der Waals surface area contributed by atoms with Crippen LogP contribution in [0.3, 0.4) is 0 Å². The lowest BCUT2D eigenvalue weighted by molar-refractivity contribution is 0.246. The number of hydrogen-bond acceptors (Lipinski definition) is 6. The number of anilines is 2. The molecule has 4 rings (SSSR count). The fourth-order valence-corrected chi connectivity index (χ4v) is 3.31. The van der Waals surface area contributed by atoms with Crippen molar-refractivity contribution in [3.8, 4) is 0 Å². The molecule has 6 N–H and O–H groups in total. The minimum absolute atomic E-state index is 0.573. The second kappa shape index (κ2) is 5.53. The van der Waals surface area contributed by atoms with Crippen LogP contribution in [0.1, 0.15) is 16.7 Å². The third kappa shape index (κ3) is 2.39. The number of nitrogens with one attached hydrogen (secondary N) is 2. The topological polar surface area (TPSA) is 109 Å². The van der Waals surface area contributed by atoms with Gasteiger partial charge in [-0.25, -0.2) is 10.8 Å². The van der Waals surface area contributed by atoms with Crippen LogP contribution in [0.4, 0.5) is 11.6 Å². The molecular formula is C16H19N7. The molecule has 1 aliphatic rings. The van der Waals surface area contributed by atoms with Gasteiger partial charge in [-0.3, -0.25) is 10.00 Å². The number of rotatable bonds is 3. The first-order chi connectivity index (χ1) is 11.3. The third-order valence-corrected chi connectivity index (χ3v) is 4.39. The summed E-state index contributed by atoms with van der Waals surface area (Å²) < 4.78 is 0. The summed E-state index contributed by atoms with van der Waals surface area (Å²) in [5, 5.41) is 7.89. The smallest absolute Gasteiger partial charge is 0.185 e. The SMILES string of the molecule is NNc1nc2n[nH]c(N)c2c2c1CN(Cc1ccccc1)CC2. The lowest BCUT2D eigenvalue weighted by Crippen LogP contribution is -2.31. The predicted molar refractivity (Wildman–Crippen MR) is 90.4 cm³/mol. The van der Waals surface area contributed by atoms with Gasteiger partial charge in [0.1, 0.15) is 11.6 Å². The van der Waals surface area contributed by atoms with Crippen molar-refractivity contribution in [2.45, 2.75) is 19.5 Å². The Kier molecular flexibility index (Phi) is 3.36. The summed E-state index contributed by atoms with van der Waals surface area (Å²) >= 11 is 0. The fourth-order valence-electron chi connectivity index (χ4n) is 3.31. The van der Waals surface area contributed by atoms with E-state index in [0.29, 0.717) is 17.3 Å². The molecule has 0 radical (unpaired) electrons. The molecular weight excluding hydrogens is 290 g/mol. The minimum atomic E-state index is 0.573. The lowest BCUT2D eigenvalue weighted by atomic mass is 9.97. The van der Waals surface area contributed by atoms with Crippen molar-refractivity contribution in [3.63, 3.8) is 0 Å². The number of nitrogens with two attached hydrogens (primary N) is 2. The average Bonchev–Trinajstić information content (AvgIpc) is 2.96. The summed E-state index contributed by atoms with van der Waals surface area (Å²) in [4.78, 5) is 6.88. The van der Waals surface area contributed by atoms with E-state index < -0.39 is 0 Å². The number of fused-ring (bicyclic) bond motifs is 3. The van der Waals surface area contributed by atoms with Gasteiger partial charge < -0.3 is 11.2 Å². The van der Waals surface area contributed by atoms with E-state index in [2.05, 4.69) is 49.8 Å². The number of pyridine rings is 1. The van der Waals surface area contributed by atoms with Crippen LogP contribution in [0, 0.1) is 0 Å². The first-order valence-electron chi connectivity index (χ1n) is 7.64. The van der Waals surface area contributed by atoms with Crippen LogP contribution in [-0.2, 0) is 19.5 Å². The summed E-state index contributed by atoms with van der Waals surface area (Å²) in [6.45, 7) is 2.66. The summed E-state index contributed by atoms with van der Waals surface area (Å²) in [7, 11) is 0. The predicted octanol–water partition coefficient (Wildman–Crippen LogP) is 1.38. The summed E-state index contributed by atoms with van der Waals surface area (Å²) in [5.74, 6) is 6.92. The maximum atomic E-state index is 6.03. The molecule has 0 bridgehead atoms. The molecule has 0 spiro atoms. The maximum absolute atomic E-state index is 6.03. The Morgan fingerprint density at radius 1 is 1.22 bits per heavy atom. The highest BCUT2D eigenvalue weighted by atomic mass is 15.3. The molecule has 0 unspecified atom stereocenters. The number of H-pyrrole nitrogens is 1. The van der Waals surface area contributed by atoms with Crippen molar-refractivity contribution < 1.29 is 0 Å². The van der Waals surface area contributed by atoms with Crippen molar-refractivity contribution in [1.82, 2.24) is 20.1 Å². The quantitative estimate of drug-likeness (QED) is 0.430. The number of nitrogens with zero attached hydrogens (tertiary/aromatic N) is 3. The van der Waals surface area contributed by atoms with Crippen LogP contribution < -0.4 is 17.0 Å². The van der Waals surface area contributed by atoms with Gasteiger partial charge in [-0.15, -0.1) is 0 Å². The second-order valence-corrected chi connectivity index (χ2v) is 5.84. The Balaban J connectivity index is 1.71. The lowest BCUT2D eigenvalue weighted by Gasteiger charge is -2.30. The Morgan fingerprint density at radius 2 is 2.04 bits per heavy atom. The van der Waals surface area contributed by atoms with Crippen LogP contribution >= 0.6 is 0 Å². The van der Waals surface area contributed by atoms with Gasteiger partial charge in [0.15, 0.2) is 5.65 Å². The maximum Gasteiger partial charge on any atom is 0.185 e. The normalized spacial score (nSPS) is 14.8. The molecule has 1 aliphatic heterocycles. The molecule has 3 heterocycles. The number of aromatic nitrogens is 3. The Bertz CT molecular complexity index is 841. The van der Waals surface area contributed by atoms with Gasteiger partial charge in [-0.05, 0) is 17.5 Å². The molecule has 0 saturated heterocycles. The molecule has 0 atom stereocenters. The van der Waals surface area contributed by atoms with Crippen molar-refractivity contribution >= 4 is 22.7 Å².